The van der Waals surface area contributed by atoms with Gasteiger partial charge in [-0.25, -0.2) is 9.18 Å². The molecule has 2 unspecified atom stereocenters. The molecule has 2 atom stereocenters. The van der Waals surface area contributed by atoms with Crippen molar-refractivity contribution in [3.8, 4) is 0 Å². The van der Waals surface area contributed by atoms with Crippen LogP contribution < -0.4 is 0 Å². The number of rotatable bonds is 9. The van der Waals surface area contributed by atoms with E-state index in [0.29, 0.717) is 5.56 Å². The Morgan fingerprint density at radius 3 is 2.50 bits per heavy atom. The first-order valence-electron chi connectivity index (χ1n) is 7.53. The smallest absolute Gasteiger partial charge is 0.338 e. The summed E-state index contributed by atoms with van der Waals surface area (Å²) in [5, 5.41) is 0. The molecule has 0 spiro atoms. The highest BCUT2D eigenvalue weighted by Gasteiger charge is 2.18. The molecule has 2 nitrogen and oxygen atoms in total. The number of esters is 1. The average Bonchev–Trinajstić information content (AvgIpc) is 2.43. The number of unbranched alkanes of at least 4 members (excludes halogenated alkanes) is 3. The van der Waals surface area contributed by atoms with E-state index in [1.165, 1.54) is 13.3 Å². The molecule has 0 aliphatic rings. The molecule has 1 aromatic rings. The molecule has 0 aromatic heterocycles. The van der Waals surface area contributed by atoms with Crippen molar-refractivity contribution in [2.24, 2.45) is 0 Å². The molecule has 112 valence electrons. The molecular formula is C17H25FO2. The molecule has 0 bridgehead atoms. The van der Waals surface area contributed by atoms with Gasteiger partial charge in [0.25, 0.3) is 0 Å². The van der Waals surface area contributed by atoms with Gasteiger partial charge in [0.05, 0.1) is 5.56 Å². The van der Waals surface area contributed by atoms with Crippen LogP contribution in [0.1, 0.15) is 62.7 Å². The van der Waals surface area contributed by atoms with Gasteiger partial charge in [-0.1, -0.05) is 44.4 Å². The molecule has 0 radical (unpaired) electrons. The number of ether oxygens (including phenoxy) is 1. The number of hydrogen-bond acceptors (Lipinski definition) is 2. The van der Waals surface area contributed by atoms with Crippen molar-refractivity contribution in [3.05, 3.63) is 35.9 Å². The second-order valence-corrected chi connectivity index (χ2v) is 5.26. The zero-order valence-electron chi connectivity index (χ0n) is 12.5. The van der Waals surface area contributed by atoms with E-state index in [2.05, 4.69) is 6.92 Å². The van der Waals surface area contributed by atoms with E-state index in [4.69, 9.17) is 4.74 Å². The Bertz CT molecular complexity index is 376. The fourth-order valence-corrected chi connectivity index (χ4v) is 2.18. The second-order valence-electron chi connectivity index (χ2n) is 5.26. The van der Waals surface area contributed by atoms with Crippen LogP contribution in [-0.2, 0) is 4.74 Å². The third kappa shape index (κ3) is 6.69. The minimum atomic E-state index is -0.949. The minimum Gasteiger partial charge on any atom is -0.459 e. The summed E-state index contributed by atoms with van der Waals surface area (Å²) in [4.78, 5) is 12.0. The molecule has 0 fully saturated rings. The quantitative estimate of drug-likeness (QED) is 0.473. The summed E-state index contributed by atoms with van der Waals surface area (Å²) in [5.74, 6) is -0.355. The van der Waals surface area contributed by atoms with Crippen LogP contribution in [-0.4, -0.2) is 18.2 Å². The molecule has 0 amide bonds. The Morgan fingerprint density at radius 2 is 1.90 bits per heavy atom. The first-order chi connectivity index (χ1) is 9.63. The Kier molecular flexibility index (Phi) is 7.93. The molecular weight excluding hydrogens is 255 g/mol. The summed E-state index contributed by atoms with van der Waals surface area (Å²) in [6, 6.07) is 8.88. The maximum atomic E-state index is 13.2. The van der Waals surface area contributed by atoms with E-state index in [0.717, 1.165) is 25.7 Å². The van der Waals surface area contributed by atoms with Crippen molar-refractivity contribution in [2.45, 2.75) is 64.6 Å². The number of benzene rings is 1. The van der Waals surface area contributed by atoms with Gasteiger partial charge in [-0.05, 0) is 31.9 Å². The van der Waals surface area contributed by atoms with Crippen LogP contribution in [0.5, 0.6) is 0 Å². The van der Waals surface area contributed by atoms with Gasteiger partial charge >= 0.3 is 5.97 Å². The number of alkyl halides is 1. The van der Waals surface area contributed by atoms with E-state index < -0.39 is 6.17 Å². The van der Waals surface area contributed by atoms with Crippen molar-refractivity contribution in [1.29, 1.82) is 0 Å². The number of carbonyl (C=O) groups excluding carboxylic acids is 1. The fourth-order valence-electron chi connectivity index (χ4n) is 2.18. The molecule has 20 heavy (non-hydrogen) atoms. The number of halogens is 1. The summed E-state index contributed by atoms with van der Waals surface area (Å²) in [5.41, 5.74) is 0.526. The third-order valence-corrected chi connectivity index (χ3v) is 3.25. The first kappa shape index (κ1) is 16.7. The monoisotopic (exact) mass is 280 g/mol. The Hall–Kier alpha value is -1.38. The molecule has 0 aliphatic heterocycles. The molecule has 0 aliphatic carbocycles. The lowest BCUT2D eigenvalue weighted by Crippen LogP contribution is -2.21. The second kappa shape index (κ2) is 9.51. The van der Waals surface area contributed by atoms with Crippen molar-refractivity contribution in [3.63, 3.8) is 0 Å². The van der Waals surface area contributed by atoms with Gasteiger partial charge in [-0.15, -0.1) is 0 Å². The van der Waals surface area contributed by atoms with Crippen molar-refractivity contribution in [2.75, 3.05) is 0 Å². The Labute approximate surface area is 121 Å². The van der Waals surface area contributed by atoms with Crippen LogP contribution >= 0.6 is 0 Å². The lowest BCUT2D eigenvalue weighted by Gasteiger charge is -2.18. The Morgan fingerprint density at radius 1 is 1.20 bits per heavy atom. The lowest BCUT2D eigenvalue weighted by atomic mass is 10.0. The van der Waals surface area contributed by atoms with Gasteiger partial charge in [-0.3, -0.25) is 0 Å². The van der Waals surface area contributed by atoms with Gasteiger partial charge < -0.3 is 4.74 Å². The molecule has 3 heteroatoms. The largest absolute Gasteiger partial charge is 0.459 e. The maximum absolute atomic E-state index is 13.2. The molecule has 1 aromatic carbocycles. The van der Waals surface area contributed by atoms with Crippen LogP contribution in [0.2, 0.25) is 0 Å². The van der Waals surface area contributed by atoms with Crippen LogP contribution in [0.15, 0.2) is 30.3 Å². The fraction of sp³-hybridized carbons (Fsp3) is 0.588. The Balaban J connectivity index is 2.48. The lowest BCUT2D eigenvalue weighted by molar-refractivity contribution is 0.0202. The van der Waals surface area contributed by atoms with E-state index in [-0.39, 0.29) is 18.5 Å². The van der Waals surface area contributed by atoms with Gasteiger partial charge in [0.15, 0.2) is 0 Å². The van der Waals surface area contributed by atoms with E-state index in [1.54, 1.807) is 24.3 Å². The highest BCUT2D eigenvalue weighted by atomic mass is 19.1. The maximum Gasteiger partial charge on any atom is 0.338 e. The van der Waals surface area contributed by atoms with E-state index in [9.17, 15) is 9.18 Å². The normalized spacial score (nSPS) is 13.8. The number of hydrogen-bond donors (Lipinski definition) is 0. The summed E-state index contributed by atoms with van der Waals surface area (Å²) in [6.45, 7) is 3.66. The minimum absolute atomic E-state index is 0.282. The van der Waals surface area contributed by atoms with Crippen molar-refractivity contribution >= 4 is 5.97 Å². The molecule has 1 rings (SSSR count). The summed E-state index contributed by atoms with van der Waals surface area (Å²) in [6.07, 6.45) is 4.18. The topological polar surface area (TPSA) is 26.3 Å². The van der Waals surface area contributed by atoms with Gasteiger partial charge in [-0.2, -0.15) is 0 Å². The zero-order chi connectivity index (χ0) is 14.8. The summed E-state index contributed by atoms with van der Waals surface area (Å²) >= 11 is 0. The van der Waals surface area contributed by atoms with Crippen molar-refractivity contribution < 1.29 is 13.9 Å². The van der Waals surface area contributed by atoms with Crippen LogP contribution in [0.25, 0.3) is 0 Å². The predicted molar refractivity (Wildman–Crippen MR) is 79.6 cm³/mol. The van der Waals surface area contributed by atoms with Crippen LogP contribution in [0.3, 0.4) is 0 Å². The predicted octanol–water partition coefficient (Wildman–Crippen LogP) is 4.93. The van der Waals surface area contributed by atoms with Crippen LogP contribution in [0, 0.1) is 0 Å². The third-order valence-electron chi connectivity index (χ3n) is 3.25. The van der Waals surface area contributed by atoms with Gasteiger partial charge in [0.2, 0.25) is 0 Å². The standard InChI is InChI=1S/C17H25FO2/c1-3-4-5-9-12-16(13-14(2)18)20-17(19)15-10-7-6-8-11-15/h6-8,10-11,14,16H,3-5,9,12-13H2,1-2H3. The number of carbonyl (C=O) groups is 1. The summed E-state index contributed by atoms with van der Waals surface area (Å²) in [7, 11) is 0. The first-order valence-corrected chi connectivity index (χ1v) is 7.53. The highest BCUT2D eigenvalue weighted by molar-refractivity contribution is 5.89. The van der Waals surface area contributed by atoms with E-state index >= 15 is 0 Å². The molecule has 0 heterocycles. The molecule has 0 N–H and O–H groups in total. The van der Waals surface area contributed by atoms with Crippen molar-refractivity contribution in [1.82, 2.24) is 0 Å². The average molecular weight is 280 g/mol. The zero-order valence-corrected chi connectivity index (χ0v) is 12.5. The van der Waals surface area contributed by atoms with Crippen LogP contribution in [0.4, 0.5) is 4.39 Å². The molecule has 0 saturated heterocycles. The van der Waals surface area contributed by atoms with E-state index in [1.807, 2.05) is 6.07 Å². The summed E-state index contributed by atoms with van der Waals surface area (Å²) < 4.78 is 18.6. The van der Waals surface area contributed by atoms with Gasteiger partial charge in [0, 0.05) is 6.42 Å². The van der Waals surface area contributed by atoms with Gasteiger partial charge in [0.1, 0.15) is 12.3 Å². The molecule has 0 saturated carbocycles. The SMILES string of the molecule is CCCCCCC(CC(C)F)OC(=O)c1ccccc1. The highest BCUT2D eigenvalue weighted by Crippen LogP contribution is 2.16.